The fraction of sp³-hybridized carbons (Fsp3) is 0.100. The highest BCUT2D eigenvalue weighted by Crippen LogP contribution is 2.28. The van der Waals surface area contributed by atoms with Crippen molar-refractivity contribution in [3.8, 4) is 23.0 Å². The maximum atomic E-state index is 12.0. The van der Waals surface area contributed by atoms with Gasteiger partial charge in [-0.2, -0.15) is 15.5 Å². The summed E-state index contributed by atoms with van der Waals surface area (Å²) in [5.41, 5.74) is 3.26. The molecule has 0 atom stereocenters. The first-order valence-electron chi connectivity index (χ1n) is 8.42. The van der Waals surface area contributed by atoms with E-state index in [1.54, 1.807) is 13.1 Å². The first-order valence-corrected chi connectivity index (χ1v) is 8.42. The maximum Gasteiger partial charge on any atom is 0.357 e. The van der Waals surface area contributed by atoms with Crippen molar-refractivity contribution in [1.29, 1.82) is 5.26 Å². The molecule has 0 bridgehead atoms. The summed E-state index contributed by atoms with van der Waals surface area (Å²) in [6.07, 6.45) is 1.76. The highest BCUT2D eigenvalue weighted by Gasteiger charge is 2.21. The Labute approximate surface area is 154 Å². The molecule has 0 aliphatic rings. The molecule has 1 N–H and O–H groups in total. The Morgan fingerprint density at radius 2 is 2.07 bits per heavy atom. The van der Waals surface area contributed by atoms with E-state index in [1.807, 2.05) is 59.3 Å². The third kappa shape index (κ3) is 2.83. The van der Waals surface area contributed by atoms with Gasteiger partial charge in [0.2, 0.25) is 0 Å². The van der Waals surface area contributed by atoms with Crippen molar-refractivity contribution in [3.05, 3.63) is 66.0 Å². The molecule has 2 aromatic carbocycles. The molecule has 2 aromatic heterocycles. The van der Waals surface area contributed by atoms with Crippen LogP contribution in [0.5, 0.6) is 0 Å². The number of benzene rings is 2. The summed E-state index contributed by atoms with van der Waals surface area (Å²) in [5, 5.41) is 21.6. The van der Waals surface area contributed by atoms with Gasteiger partial charge in [-0.1, -0.05) is 24.3 Å². The van der Waals surface area contributed by atoms with Gasteiger partial charge in [0.15, 0.2) is 5.69 Å². The lowest BCUT2D eigenvalue weighted by Gasteiger charge is -2.04. The van der Waals surface area contributed by atoms with Crippen LogP contribution in [0.25, 0.3) is 27.8 Å². The number of hydrogen-bond donors (Lipinski definition) is 1. The van der Waals surface area contributed by atoms with Crippen molar-refractivity contribution in [1.82, 2.24) is 20.0 Å². The Kier molecular flexibility index (Phi) is 4.15. The van der Waals surface area contributed by atoms with E-state index in [0.717, 1.165) is 22.2 Å². The minimum Gasteiger partial charge on any atom is -0.461 e. The SMILES string of the molecule is CCOC(=O)c1[nH]nc(-c2ccc3c(cnn3-c3ccccc3)c2)c1C#N. The summed E-state index contributed by atoms with van der Waals surface area (Å²) < 4.78 is 6.81. The number of nitrogens with zero attached hydrogens (tertiary/aromatic N) is 4. The molecule has 7 nitrogen and oxygen atoms in total. The van der Waals surface area contributed by atoms with Gasteiger partial charge in [0.25, 0.3) is 0 Å². The van der Waals surface area contributed by atoms with Gasteiger partial charge in [0.1, 0.15) is 17.3 Å². The second-order valence-corrected chi connectivity index (χ2v) is 5.82. The largest absolute Gasteiger partial charge is 0.461 e. The minimum atomic E-state index is -0.592. The van der Waals surface area contributed by atoms with E-state index in [2.05, 4.69) is 15.3 Å². The van der Waals surface area contributed by atoms with Crippen molar-refractivity contribution in [2.24, 2.45) is 0 Å². The predicted molar refractivity (Wildman–Crippen MR) is 99.3 cm³/mol. The fourth-order valence-corrected chi connectivity index (χ4v) is 2.97. The third-order valence-corrected chi connectivity index (χ3v) is 4.20. The fourth-order valence-electron chi connectivity index (χ4n) is 2.97. The average Bonchev–Trinajstić information content (AvgIpc) is 3.32. The highest BCUT2D eigenvalue weighted by molar-refractivity contribution is 5.94. The molecule has 7 heteroatoms. The van der Waals surface area contributed by atoms with Crippen LogP contribution in [0.4, 0.5) is 0 Å². The van der Waals surface area contributed by atoms with E-state index in [4.69, 9.17) is 4.74 Å². The number of H-pyrrole nitrogens is 1. The number of para-hydroxylation sites is 1. The zero-order chi connectivity index (χ0) is 18.8. The van der Waals surface area contributed by atoms with Crippen LogP contribution in [0.1, 0.15) is 23.0 Å². The number of nitriles is 1. The monoisotopic (exact) mass is 357 g/mol. The summed E-state index contributed by atoms with van der Waals surface area (Å²) in [4.78, 5) is 12.0. The van der Waals surface area contributed by atoms with E-state index < -0.39 is 5.97 Å². The molecular formula is C20H15N5O2. The first kappa shape index (κ1) is 16.5. The molecule has 132 valence electrons. The number of hydrogen-bond acceptors (Lipinski definition) is 5. The number of carbonyl (C=O) groups excluding carboxylic acids is 1. The third-order valence-electron chi connectivity index (χ3n) is 4.20. The van der Waals surface area contributed by atoms with E-state index in [0.29, 0.717) is 5.69 Å². The number of carbonyl (C=O) groups is 1. The number of ether oxygens (including phenoxy) is 1. The van der Waals surface area contributed by atoms with Gasteiger partial charge < -0.3 is 4.74 Å². The number of aromatic amines is 1. The quantitative estimate of drug-likeness (QED) is 0.564. The highest BCUT2D eigenvalue weighted by atomic mass is 16.5. The van der Waals surface area contributed by atoms with Gasteiger partial charge in [0, 0.05) is 10.9 Å². The van der Waals surface area contributed by atoms with E-state index in [1.165, 1.54) is 0 Å². The summed E-state index contributed by atoms with van der Waals surface area (Å²) in [5.74, 6) is -0.592. The van der Waals surface area contributed by atoms with Gasteiger partial charge in [-0.05, 0) is 31.2 Å². The van der Waals surface area contributed by atoms with E-state index in [-0.39, 0.29) is 17.9 Å². The van der Waals surface area contributed by atoms with E-state index in [9.17, 15) is 10.1 Å². The van der Waals surface area contributed by atoms with Crippen LogP contribution in [0.2, 0.25) is 0 Å². The topological polar surface area (TPSA) is 96.6 Å². The molecule has 4 rings (SSSR count). The zero-order valence-electron chi connectivity index (χ0n) is 14.5. The Bertz CT molecular complexity index is 1170. The smallest absolute Gasteiger partial charge is 0.357 e. The Balaban J connectivity index is 1.78. The van der Waals surface area contributed by atoms with Crippen LogP contribution < -0.4 is 0 Å². The van der Waals surface area contributed by atoms with Crippen molar-refractivity contribution < 1.29 is 9.53 Å². The summed E-state index contributed by atoms with van der Waals surface area (Å²) >= 11 is 0. The van der Waals surface area contributed by atoms with Crippen molar-refractivity contribution >= 4 is 16.9 Å². The standard InChI is InChI=1S/C20H15N5O2/c1-2-27-20(26)19-16(11-21)18(23-24-19)13-8-9-17-14(10-13)12-22-25(17)15-6-4-3-5-7-15/h3-10,12H,2H2,1H3,(H,23,24). The normalized spacial score (nSPS) is 10.7. The lowest BCUT2D eigenvalue weighted by molar-refractivity contribution is 0.0519. The minimum absolute atomic E-state index is 0.0643. The molecule has 0 amide bonds. The van der Waals surface area contributed by atoms with Crippen LogP contribution in [-0.4, -0.2) is 32.6 Å². The molecule has 0 radical (unpaired) electrons. The van der Waals surface area contributed by atoms with Crippen molar-refractivity contribution in [2.45, 2.75) is 6.92 Å². The van der Waals surface area contributed by atoms with Crippen molar-refractivity contribution in [2.75, 3.05) is 6.61 Å². The Morgan fingerprint density at radius 3 is 2.81 bits per heavy atom. The van der Waals surface area contributed by atoms with Gasteiger partial charge in [0.05, 0.1) is 24.0 Å². The number of esters is 1. The molecule has 27 heavy (non-hydrogen) atoms. The molecule has 4 aromatic rings. The molecule has 2 heterocycles. The van der Waals surface area contributed by atoms with Crippen LogP contribution in [-0.2, 0) is 4.74 Å². The lowest BCUT2D eigenvalue weighted by atomic mass is 10.0. The molecule has 0 spiro atoms. The number of nitrogens with one attached hydrogen (secondary N) is 1. The van der Waals surface area contributed by atoms with Crippen LogP contribution in [0.3, 0.4) is 0 Å². The predicted octanol–water partition coefficient (Wildman–Crippen LogP) is 3.46. The van der Waals surface area contributed by atoms with Crippen LogP contribution >= 0.6 is 0 Å². The summed E-state index contributed by atoms with van der Waals surface area (Å²) in [7, 11) is 0. The lowest BCUT2D eigenvalue weighted by Crippen LogP contribution is -2.06. The second kappa shape index (κ2) is 6.77. The zero-order valence-corrected chi connectivity index (χ0v) is 14.5. The molecule has 0 aliphatic heterocycles. The van der Waals surface area contributed by atoms with Gasteiger partial charge in [-0.15, -0.1) is 0 Å². The molecular weight excluding hydrogens is 342 g/mol. The molecule has 0 fully saturated rings. The number of aromatic nitrogens is 4. The Hall–Kier alpha value is -3.92. The molecule has 0 unspecified atom stereocenters. The average molecular weight is 357 g/mol. The molecule has 0 aliphatic carbocycles. The molecule has 0 saturated carbocycles. The second-order valence-electron chi connectivity index (χ2n) is 5.82. The van der Waals surface area contributed by atoms with Gasteiger partial charge in [-0.3, -0.25) is 5.10 Å². The van der Waals surface area contributed by atoms with Gasteiger partial charge in [-0.25, -0.2) is 9.48 Å². The summed E-state index contributed by atoms with van der Waals surface area (Å²) in [6, 6.07) is 17.5. The number of fused-ring (bicyclic) bond motifs is 1. The maximum absolute atomic E-state index is 12.0. The van der Waals surface area contributed by atoms with Crippen LogP contribution in [0, 0.1) is 11.3 Å². The van der Waals surface area contributed by atoms with E-state index >= 15 is 0 Å². The Morgan fingerprint density at radius 1 is 1.26 bits per heavy atom. The number of rotatable bonds is 4. The molecule has 0 saturated heterocycles. The first-order chi connectivity index (χ1) is 13.2. The van der Waals surface area contributed by atoms with Gasteiger partial charge >= 0.3 is 5.97 Å². The van der Waals surface area contributed by atoms with Crippen LogP contribution in [0.15, 0.2) is 54.7 Å². The summed E-state index contributed by atoms with van der Waals surface area (Å²) in [6.45, 7) is 1.93. The van der Waals surface area contributed by atoms with Crippen molar-refractivity contribution in [3.63, 3.8) is 0 Å².